The maximum Gasteiger partial charge on any atom is 0.404 e. The molecule has 0 aromatic rings. The molecule has 12 nitrogen and oxygen atoms in total. The summed E-state index contributed by atoms with van der Waals surface area (Å²) in [4.78, 5) is 60.2. The number of ether oxygens (including phenoxy) is 5. The zero-order valence-corrected chi connectivity index (χ0v) is 32.2. The van der Waals surface area contributed by atoms with Crippen LogP contribution >= 0.6 is 0 Å². The SMILES string of the molecule is C=C/C=C\[C@H](C)[C@H](OC(N)=O)[C@@H](C)[C@H](O)[C@@H](C)C/C(C)=C\[C@H](C)[C@@H](OC(C)=O)[C@@H](C)/C=C\[C@H](C[C@@H]1OC(=O)[C@H](C)[C@@H](OC(C)=O)[C@H]1C)OC(C)=O. The van der Waals surface area contributed by atoms with Gasteiger partial charge in [0.2, 0.25) is 0 Å². The van der Waals surface area contributed by atoms with Gasteiger partial charge in [-0.3, -0.25) is 19.2 Å². The number of aliphatic hydroxyl groups excluding tert-OH is 1. The predicted molar refractivity (Wildman–Crippen MR) is 193 cm³/mol. The smallest absolute Gasteiger partial charge is 0.404 e. The molecular formula is C39H61NO11. The van der Waals surface area contributed by atoms with E-state index in [2.05, 4.69) is 6.58 Å². The molecule has 1 heterocycles. The molecule has 1 rings (SSSR count). The third-order valence-corrected chi connectivity index (χ3v) is 9.44. The number of cyclic esters (lactones) is 1. The molecule has 1 amide bonds. The van der Waals surface area contributed by atoms with Crippen molar-refractivity contribution in [3.05, 3.63) is 48.6 Å². The molecule has 0 radical (unpaired) electrons. The molecular weight excluding hydrogens is 658 g/mol. The second-order valence-electron chi connectivity index (χ2n) is 14.2. The van der Waals surface area contributed by atoms with Gasteiger partial charge in [0.15, 0.2) is 0 Å². The molecule has 12 heteroatoms. The summed E-state index contributed by atoms with van der Waals surface area (Å²) in [6.45, 7) is 22.4. The fourth-order valence-corrected chi connectivity index (χ4v) is 6.87. The quantitative estimate of drug-likeness (QED) is 0.0692. The highest BCUT2D eigenvalue weighted by Crippen LogP contribution is 2.33. The standard InChI is InChI=1S/C39H61NO11/c1-13-14-15-22(3)36(51-39(40)46)27(8)34(44)24(5)18-21(2)19-25(6)35(48-30(11)42)23(4)16-17-32(47-29(10)41)20-33-26(7)37(49-31(12)43)28(9)38(45)50-33/h13-17,19,22-28,32-37,44H,1,18,20H2,2-12H3,(H2,40,46)/b15-14-,17-16-,21-19-/t22-,23-,24-,25-,26-,27-,28+,32+,33-,34+,35-,36-,37-/m0/s1. The fourth-order valence-electron chi connectivity index (χ4n) is 6.87. The molecule has 0 aliphatic carbocycles. The van der Waals surface area contributed by atoms with Gasteiger partial charge in [-0.25, -0.2) is 4.79 Å². The van der Waals surface area contributed by atoms with Crippen LogP contribution in [0.5, 0.6) is 0 Å². The Morgan fingerprint density at radius 2 is 1.45 bits per heavy atom. The maximum atomic E-state index is 12.6. The lowest BCUT2D eigenvalue weighted by atomic mass is 9.81. The molecule has 1 aliphatic rings. The Hall–Kier alpha value is -3.93. The molecule has 1 fully saturated rings. The van der Waals surface area contributed by atoms with Crippen LogP contribution < -0.4 is 5.73 Å². The molecule has 0 aromatic carbocycles. The van der Waals surface area contributed by atoms with Gasteiger partial charge in [-0.05, 0) is 32.3 Å². The van der Waals surface area contributed by atoms with Gasteiger partial charge < -0.3 is 34.5 Å². The van der Waals surface area contributed by atoms with Crippen LogP contribution in [0.25, 0.3) is 0 Å². The first kappa shape index (κ1) is 45.1. The number of hydrogen-bond donors (Lipinski definition) is 2. The topological polar surface area (TPSA) is 178 Å². The number of nitrogens with two attached hydrogens (primary N) is 1. The minimum atomic E-state index is -0.913. The summed E-state index contributed by atoms with van der Waals surface area (Å²) in [7, 11) is 0. The Balaban J connectivity index is 3.17. The molecule has 13 atom stereocenters. The molecule has 51 heavy (non-hydrogen) atoms. The molecule has 0 bridgehead atoms. The van der Waals surface area contributed by atoms with Crippen molar-refractivity contribution in [2.24, 2.45) is 47.2 Å². The fraction of sp³-hybridized carbons (Fsp3) is 0.667. The van der Waals surface area contributed by atoms with Crippen LogP contribution in [0.4, 0.5) is 4.79 Å². The number of esters is 4. The Morgan fingerprint density at radius 3 is 1.98 bits per heavy atom. The van der Waals surface area contributed by atoms with E-state index < -0.39 is 78.4 Å². The van der Waals surface area contributed by atoms with Gasteiger partial charge in [0.25, 0.3) is 0 Å². The molecule has 3 N–H and O–H groups in total. The summed E-state index contributed by atoms with van der Waals surface area (Å²) in [6, 6.07) is 0. The number of aliphatic hydroxyl groups is 1. The number of amides is 1. The average Bonchev–Trinajstić information content (AvgIpc) is 3.02. The zero-order chi connectivity index (χ0) is 39.2. The Bertz CT molecular complexity index is 1290. The van der Waals surface area contributed by atoms with Crippen molar-refractivity contribution in [3.8, 4) is 0 Å². The van der Waals surface area contributed by atoms with Crippen LogP contribution in [-0.2, 0) is 42.9 Å². The lowest BCUT2D eigenvalue weighted by Crippen LogP contribution is -2.49. The van der Waals surface area contributed by atoms with Gasteiger partial charge in [-0.2, -0.15) is 0 Å². The average molecular weight is 720 g/mol. The van der Waals surface area contributed by atoms with E-state index in [1.807, 2.05) is 60.6 Å². The number of rotatable bonds is 19. The number of hydrogen-bond acceptors (Lipinski definition) is 11. The summed E-state index contributed by atoms with van der Waals surface area (Å²) in [5.74, 6) is -4.41. The van der Waals surface area contributed by atoms with E-state index in [1.165, 1.54) is 20.8 Å². The number of carbonyl (C=O) groups excluding carboxylic acids is 5. The Labute approximate surface area is 303 Å². The van der Waals surface area contributed by atoms with E-state index in [9.17, 15) is 29.1 Å². The highest BCUT2D eigenvalue weighted by atomic mass is 16.6. The van der Waals surface area contributed by atoms with E-state index in [4.69, 9.17) is 29.4 Å². The second-order valence-corrected chi connectivity index (χ2v) is 14.2. The first-order valence-electron chi connectivity index (χ1n) is 17.7. The van der Waals surface area contributed by atoms with Crippen molar-refractivity contribution < 1.29 is 52.8 Å². The molecule has 1 saturated heterocycles. The molecule has 0 spiro atoms. The lowest BCUT2D eigenvalue weighted by Gasteiger charge is -2.39. The predicted octanol–water partition coefficient (Wildman–Crippen LogP) is 6.01. The molecule has 0 saturated carbocycles. The van der Waals surface area contributed by atoms with Crippen molar-refractivity contribution >= 4 is 30.0 Å². The first-order valence-corrected chi connectivity index (χ1v) is 17.7. The van der Waals surface area contributed by atoms with Gasteiger partial charge in [-0.15, -0.1) is 0 Å². The van der Waals surface area contributed by atoms with E-state index in [0.29, 0.717) is 6.42 Å². The minimum absolute atomic E-state index is 0.139. The third kappa shape index (κ3) is 15.1. The number of primary amides is 1. The van der Waals surface area contributed by atoms with Crippen molar-refractivity contribution in [1.82, 2.24) is 0 Å². The minimum Gasteiger partial charge on any atom is -0.461 e. The number of allylic oxidation sites excluding steroid dienone is 3. The van der Waals surface area contributed by atoms with Crippen molar-refractivity contribution in [3.63, 3.8) is 0 Å². The highest BCUT2D eigenvalue weighted by Gasteiger charge is 2.44. The maximum absolute atomic E-state index is 12.6. The summed E-state index contributed by atoms with van der Waals surface area (Å²) >= 11 is 0. The van der Waals surface area contributed by atoms with Gasteiger partial charge in [-0.1, -0.05) is 84.1 Å². The second kappa shape index (κ2) is 21.4. The van der Waals surface area contributed by atoms with Crippen LogP contribution in [0.15, 0.2) is 48.6 Å². The van der Waals surface area contributed by atoms with E-state index in [-0.39, 0.29) is 36.0 Å². The molecule has 0 unspecified atom stereocenters. The third-order valence-electron chi connectivity index (χ3n) is 9.44. The van der Waals surface area contributed by atoms with Crippen LogP contribution in [0.1, 0.15) is 89.0 Å². The summed E-state index contributed by atoms with van der Waals surface area (Å²) in [6.07, 6.45) is 6.26. The first-order chi connectivity index (χ1) is 23.7. The molecule has 0 aromatic heterocycles. The summed E-state index contributed by atoms with van der Waals surface area (Å²) < 4.78 is 27.8. The van der Waals surface area contributed by atoms with E-state index in [1.54, 1.807) is 31.2 Å². The van der Waals surface area contributed by atoms with Crippen molar-refractivity contribution in [2.75, 3.05) is 0 Å². The number of carbonyl (C=O) groups is 5. The van der Waals surface area contributed by atoms with Crippen LogP contribution in [0.2, 0.25) is 0 Å². The Kier molecular flexibility index (Phi) is 19.0. The largest absolute Gasteiger partial charge is 0.461 e. The van der Waals surface area contributed by atoms with Crippen molar-refractivity contribution in [2.45, 2.75) is 126 Å². The zero-order valence-electron chi connectivity index (χ0n) is 32.2. The van der Waals surface area contributed by atoms with Gasteiger partial charge in [0.1, 0.15) is 30.5 Å². The van der Waals surface area contributed by atoms with E-state index >= 15 is 0 Å². The highest BCUT2D eigenvalue weighted by molar-refractivity contribution is 5.75. The van der Waals surface area contributed by atoms with Gasteiger partial charge >= 0.3 is 30.0 Å². The Morgan fingerprint density at radius 1 is 0.863 bits per heavy atom. The lowest BCUT2D eigenvalue weighted by molar-refractivity contribution is -0.189. The van der Waals surface area contributed by atoms with E-state index in [0.717, 1.165) is 5.57 Å². The van der Waals surface area contributed by atoms with Gasteiger partial charge in [0, 0.05) is 56.8 Å². The van der Waals surface area contributed by atoms with Crippen LogP contribution in [0, 0.1) is 41.4 Å². The van der Waals surface area contributed by atoms with Crippen LogP contribution in [-0.4, -0.2) is 71.7 Å². The van der Waals surface area contributed by atoms with Gasteiger partial charge in [0.05, 0.1) is 12.0 Å². The van der Waals surface area contributed by atoms with Crippen molar-refractivity contribution in [1.29, 1.82) is 0 Å². The monoisotopic (exact) mass is 719 g/mol. The van der Waals surface area contributed by atoms with Crippen LogP contribution in [0.3, 0.4) is 0 Å². The molecule has 288 valence electrons. The molecule has 1 aliphatic heterocycles. The summed E-state index contributed by atoms with van der Waals surface area (Å²) in [5, 5.41) is 11.3. The normalized spacial score (nSPS) is 24.9. The summed E-state index contributed by atoms with van der Waals surface area (Å²) in [5.41, 5.74) is 6.30.